The number of rotatable bonds is 8. The van der Waals surface area contributed by atoms with Crippen LogP contribution in [0.15, 0.2) is 41.8 Å². The van der Waals surface area contributed by atoms with E-state index in [1.807, 2.05) is 59.1 Å². The third-order valence-corrected chi connectivity index (χ3v) is 13.5. The van der Waals surface area contributed by atoms with Gasteiger partial charge in [0.05, 0.1) is 15.7 Å². The maximum atomic E-state index is 12.8. The average Bonchev–Trinajstić information content (AvgIpc) is 4.14. The molecule has 2 aliphatic heterocycles. The Bertz CT molecular complexity index is 2320. The first-order valence-corrected chi connectivity index (χ1v) is 23.8. The van der Waals surface area contributed by atoms with E-state index < -0.39 is 23.9 Å². The highest BCUT2D eigenvalue weighted by Crippen LogP contribution is 2.47. The number of thiazole rings is 2. The first kappa shape index (κ1) is 48.6. The van der Waals surface area contributed by atoms with Gasteiger partial charge in [-0.3, -0.25) is 0 Å². The van der Waals surface area contributed by atoms with Gasteiger partial charge in [0.1, 0.15) is 32.7 Å². The Morgan fingerprint density at radius 1 is 0.600 bits per heavy atom. The Kier molecular flexibility index (Phi) is 14.3. The van der Waals surface area contributed by atoms with E-state index in [-0.39, 0.29) is 41.4 Å². The molecule has 2 amide bonds. The Hall–Kier alpha value is -4.29. The molecule has 2 saturated carbocycles. The molecule has 4 aliphatic rings. The first-order chi connectivity index (χ1) is 30.3. The van der Waals surface area contributed by atoms with Crippen molar-refractivity contribution in [3.63, 3.8) is 0 Å². The quantitative estimate of drug-likeness (QED) is 0.161. The van der Waals surface area contributed by atoms with Crippen LogP contribution in [0.2, 0.25) is 4.34 Å². The topological polar surface area (TPSA) is 103 Å². The summed E-state index contributed by atoms with van der Waals surface area (Å²) in [4.78, 5) is 37.4. The molecule has 4 fully saturated rings. The Morgan fingerprint density at radius 3 is 1.46 bits per heavy atom. The van der Waals surface area contributed by atoms with Crippen molar-refractivity contribution in [1.82, 2.24) is 19.8 Å². The highest BCUT2D eigenvalue weighted by Gasteiger charge is 2.36. The minimum atomic E-state index is -4.77. The lowest BCUT2D eigenvalue weighted by molar-refractivity contribution is -0.275. The zero-order valence-electron chi connectivity index (χ0n) is 37.0. The summed E-state index contributed by atoms with van der Waals surface area (Å²) in [6.07, 6.45) is -3.29. The molecular weight excluding hydrogens is 918 g/mol. The van der Waals surface area contributed by atoms with Crippen molar-refractivity contribution in [3.8, 4) is 34.0 Å². The second-order valence-corrected chi connectivity index (χ2v) is 21.5. The van der Waals surface area contributed by atoms with Crippen LogP contribution >= 0.6 is 34.3 Å². The Labute approximate surface area is 387 Å². The predicted molar refractivity (Wildman–Crippen MR) is 237 cm³/mol. The maximum absolute atomic E-state index is 12.8. The van der Waals surface area contributed by atoms with Gasteiger partial charge in [0.2, 0.25) is 0 Å². The van der Waals surface area contributed by atoms with E-state index >= 15 is 0 Å². The molecule has 2 aromatic heterocycles. The summed E-state index contributed by atoms with van der Waals surface area (Å²) >= 11 is 9.34. The molecular formula is C46H53ClF6N4O6S2. The van der Waals surface area contributed by atoms with E-state index in [1.54, 1.807) is 9.80 Å². The lowest BCUT2D eigenvalue weighted by Gasteiger charge is -2.32. The van der Waals surface area contributed by atoms with Gasteiger partial charge in [-0.05, 0) is 152 Å². The SMILES string of the molecule is CC(C)(C)OC(=O)N1CCC(c2nc(-c3cc(OC(F)(F)F)cc(C4CC4)c3)c(Cl)s2)CC1.CC(C)(C)OC(=O)N1CCC(c2nc(-c3cc(OC(F)(F)F)cc(C4CC4)c3)cs2)CC1. The third-order valence-electron chi connectivity index (χ3n) is 11.1. The molecule has 0 N–H and O–H groups in total. The molecule has 4 heterocycles. The number of ether oxygens (including phenoxy) is 4. The summed E-state index contributed by atoms with van der Waals surface area (Å²) in [5.74, 6) is 0.424. The molecule has 2 saturated heterocycles. The number of alkyl halides is 6. The van der Waals surface area contributed by atoms with Gasteiger partial charge in [0.15, 0.2) is 0 Å². The van der Waals surface area contributed by atoms with Gasteiger partial charge in [-0.15, -0.1) is 49.0 Å². The van der Waals surface area contributed by atoms with Gasteiger partial charge in [0, 0.05) is 54.5 Å². The molecule has 2 aromatic carbocycles. The van der Waals surface area contributed by atoms with Crippen molar-refractivity contribution < 1.29 is 54.9 Å². The highest BCUT2D eigenvalue weighted by molar-refractivity contribution is 7.16. The maximum Gasteiger partial charge on any atom is 0.573 e. The van der Waals surface area contributed by atoms with Crippen molar-refractivity contribution in [1.29, 1.82) is 0 Å². The molecule has 65 heavy (non-hydrogen) atoms. The van der Waals surface area contributed by atoms with E-state index in [4.69, 9.17) is 31.0 Å². The zero-order chi connectivity index (χ0) is 47.1. The summed E-state index contributed by atoms with van der Waals surface area (Å²) in [6.45, 7) is 13.3. The van der Waals surface area contributed by atoms with Gasteiger partial charge in [-0.1, -0.05) is 11.6 Å². The second kappa shape index (κ2) is 19.1. The van der Waals surface area contributed by atoms with Crippen LogP contribution in [-0.2, 0) is 9.47 Å². The van der Waals surface area contributed by atoms with Crippen LogP contribution in [0.4, 0.5) is 35.9 Å². The van der Waals surface area contributed by atoms with Gasteiger partial charge < -0.3 is 28.7 Å². The summed E-state index contributed by atoms with van der Waals surface area (Å²) in [6, 6.07) is 9.45. The van der Waals surface area contributed by atoms with Crippen LogP contribution in [0, 0.1) is 0 Å². The number of amides is 2. The molecule has 0 bridgehead atoms. The number of carbonyl (C=O) groups is 2. The molecule has 19 heteroatoms. The first-order valence-electron chi connectivity index (χ1n) is 21.7. The number of hydrogen-bond acceptors (Lipinski definition) is 10. The van der Waals surface area contributed by atoms with Crippen LogP contribution in [0.5, 0.6) is 11.5 Å². The average molecular weight is 972 g/mol. The minimum absolute atomic E-state index is 0.123. The number of nitrogens with zero attached hydrogens (tertiary/aromatic N) is 4. The van der Waals surface area contributed by atoms with E-state index in [9.17, 15) is 35.9 Å². The van der Waals surface area contributed by atoms with Gasteiger partial charge in [-0.25, -0.2) is 19.6 Å². The molecule has 10 nitrogen and oxygen atoms in total. The highest BCUT2D eigenvalue weighted by atomic mass is 35.5. The summed E-state index contributed by atoms with van der Waals surface area (Å²) in [5.41, 5.74) is 2.90. The number of halogens is 7. The molecule has 0 unspecified atom stereocenters. The number of carbonyl (C=O) groups excluding carboxylic acids is 2. The number of benzene rings is 2. The second-order valence-electron chi connectivity index (χ2n) is 19.0. The molecule has 8 rings (SSSR count). The van der Waals surface area contributed by atoms with Crippen LogP contribution in [-0.4, -0.2) is 82.1 Å². The Balaban J connectivity index is 0.000000194. The van der Waals surface area contributed by atoms with Crippen LogP contribution < -0.4 is 9.47 Å². The van der Waals surface area contributed by atoms with Gasteiger partial charge in [-0.2, -0.15) is 0 Å². The molecule has 354 valence electrons. The molecule has 0 radical (unpaired) electrons. The molecule has 2 aliphatic carbocycles. The van der Waals surface area contributed by atoms with E-state index in [2.05, 4.69) is 9.47 Å². The summed E-state index contributed by atoms with van der Waals surface area (Å²) in [5, 5.41) is 3.66. The van der Waals surface area contributed by atoms with Crippen LogP contribution in [0.25, 0.3) is 22.5 Å². The molecule has 0 spiro atoms. The normalized spacial score (nSPS) is 17.9. The number of aromatic nitrogens is 2. The Morgan fingerprint density at radius 2 is 1.03 bits per heavy atom. The van der Waals surface area contributed by atoms with Crippen LogP contribution in [0.3, 0.4) is 0 Å². The van der Waals surface area contributed by atoms with Crippen molar-refractivity contribution >= 4 is 46.5 Å². The molecule has 4 aromatic rings. The van der Waals surface area contributed by atoms with Crippen LogP contribution in [0.1, 0.15) is 138 Å². The number of hydrogen-bond donors (Lipinski definition) is 0. The lowest BCUT2D eigenvalue weighted by Crippen LogP contribution is -2.41. The van der Waals surface area contributed by atoms with Crippen molar-refractivity contribution in [2.45, 2.75) is 141 Å². The van der Waals surface area contributed by atoms with E-state index in [0.29, 0.717) is 71.8 Å². The predicted octanol–water partition coefficient (Wildman–Crippen LogP) is 14.1. The number of piperidine rings is 2. The summed E-state index contributed by atoms with van der Waals surface area (Å²) < 4.78 is 96.5. The van der Waals surface area contributed by atoms with Crippen molar-refractivity contribution in [2.75, 3.05) is 26.2 Å². The monoisotopic (exact) mass is 970 g/mol. The summed E-state index contributed by atoms with van der Waals surface area (Å²) in [7, 11) is 0. The van der Waals surface area contributed by atoms with E-state index in [0.717, 1.165) is 59.7 Å². The minimum Gasteiger partial charge on any atom is -0.444 e. The number of likely N-dealkylation sites (tertiary alicyclic amines) is 2. The van der Waals surface area contributed by atoms with Gasteiger partial charge >= 0.3 is 24.9 Å². The standard InChI is InChI=1S/C23H26ClF3N2O3S.C23H27F3N2O3S/c1-22(2,3)32-21(30)29-8-6-14(7-9-29)20-28-18(19(24)33-20)16-10-15(13-4-5-13)11-17(12-16)31-23(25,26)27;1-22(2,3)31-21(29)28-8-6-15(7-9-28)20-27-19(13-32-20)17-10-16(14-4-5-14)11-18(12-17)30-23(24,25)26/h10-14H,4-9H2,1-3H3;10-15H,4-9H2,1-3H3. The lowest BCUT2D eigenvalue weighted by atomic mass is 9.98. The molecule has 0 atom stereocenters. The van der Waals surface area contributed by atoms with Crippen molar-refractivity contribution in [3.05, 3.63) is 67.3 Å². The van der Waals surface area contributed by atoms with Gasteiger partial charge in [0.25, 0.3) is 0 Å². The fraction of sp³-hybridized carbons (Fsp3) is 0.565. The van der Waals surface area contributed by atoms with Crippen molar-refractivity contribution in [2.24, 2.45) is 0 Å². The fourth-order valence-electron chi connectivity index (χ4n) is 7.77. The largest absolute Gasteiger partial charge is 0.573 e. The fourth-order valence-corrected chi connectivity index (χ4v) is 10.1. The van der Waals surface area contributed by atoms with E-state index in [1.165, 1.54) is 46.9 Å². The smallest absolute Gasteiger partial charge is 0.444 e. The zero-order valence-corrected chi connectivity index (χ0v) is 39.4. The third kappa shape index (κ3) is 14.1.